The van der Waals surface area contributed by atoms with Crippen molar-refractivity contribution in [2.75, 3.05) is 6.54 Å². The fourth-order valence-corrected chi connectivity index (χ4v) is 3.13. The number of furan rings is 1. The van der Waals surface area contributed by atoms with Gasteiger partial charge >= 0.3 is 6.18 Å². The first-order chi connectivity index (χ1) is 11.8. The van der Waals surface area contributed by atoms with Crippen LogP contribution in [0.2, 0.25) is 0 Å². The summed E-state index contributed by atoms with van der Waals surface area (Å²) in [5.41, 5.74) is 0.554. The first-order valence-corrected chi connectivity index (χ1v) is 7.89. The molecule has 1 saturated heterocycles. The lowest BCUT2D eigenvalue weighted by atomic mass is 9.97. The number of carbonyl (C=O) groups is 2. The lowest BCUT2D eigenvalue weighted by molar-refractivity contribution is -0.196. The Morgan fingerprint density at radius 3 is 2.60 bits per heavy atom. The van der Waals surface area contributed by atoms with Crippen molar-refractivity contribution < 1.29 is 27.2 Å². The number of fused-ring (bicyclic) bond motifs is 1. The average molecular weight is 354 g/mol. The number of halogens is 3. The minimum Gasteiger partial charge on any atom is -0.451 e. The lowest BCUT2D eigenvalue weighted by Gasteiger charge is -2.40. The van der Waals surface area contributed by atoms with Gasteiger partial charge in [-0.15, -0.1) is 0 Å². The van der Waals surface area contributed by atoms with Crippen molar-refractivity contribution in [2.45, 2.75) is 38.0 Å². The smallest absolute Gasteiger partial charge is 0.408 e. The number of nitrogens with zero attached hydrogens (tertiary/aromatic N) is 1. The molecule has 0 radical (unpaired) electrons. The summed E-state index contributed by atoms with van der Waals surface area (Å²) in [6, 6.07) is 6.32. The molecule has 0 bridgehead atoms. The zero-order valence-electron chi connectivity index (χ0n) is 13.5. The maximum atomic E-state index is 13.0. The van der Waals surface area contributed by atoms with Crippen LogP contribution in [0.25, 0.3) is 11.0 Å². The minimum atomic E-state index is -4.47. The zero-order valence-corrected chi connectivity index (χ0v) is 13.5. The van der Waals surface area contributed by atoms with Crippen LogP contribution in [0.4, 0.5) is 13.2 Å². The van der Waals surface area contributed by atoms with Crippen LogP contribution in [0.3, 0.4) is 0 Å². The van der Waals surface area contributed by atoms with Crippen molar-refractivity contribution in [1.82, 2.24) is 10.2 Å². The van der Waals surface area contributed by atoms with E-state index in [0.29, 0.717) is 5.58 Å². The molecule has 134 valence electrons. The topological polar surface area (TPSA) is 62.6 Å². The summed E-state index contributed by atoms with van der Waals surface area (Å²) >= 11 is 0. The van der Waals surface area contributed by atoms with Crippen molar-refractivity contribution in [2.24, 2.45) is 0 Å². The van der Waals surface area contributed by atoms with E-state index in [4.69, 9.17) is 4.42 Å². The molecule has 3 rings (SSSR count). The molecule has 2 amide bonds. The largest absolute Gasteiger partial charge is 0.451 e. The highest BCUT2D eigenvalue weighted by atomic mass is 19.4. The number of nitrogens with one attached hydrogen (secondary N) is 1. The summed E-state index contributed by atoms with van der Waals surface area (Å²) in [5, 5.41) is 3.42. The molecule has 25 heavy (non-hydrogen) atoms. The van der Waals surface area contributed by atoms with E-state index in [1.165, 1.54) is 0 Å². The van der Waals surface area contributed by atoms with Gasteiger partial charge in [0.05, 0.1) is 0 Å². The quantitative estimate of drug-likeness (QED) is 0.901. The summed E-state index contributed by atoms with van der Waals surface area (Å²) < 4.78 is 44.5. The number of likely N-dealkylation sites (tertiary alicyclic amines) is 1. The lowest BCUT2D eigenvalue weighted by Crippen LogP contribution is -2.57. The maximum absolute atomic E-state index is 13.0. The van der Waals surface area contributed by atoms with Crippen LogP contribution < -0.4 is 5.32 Å². The van der Waals surface area contributed by atoms with Crippen LogP contribution in [0.15, 0.2) is 34.7 Å². The van der Waals surface area contributed by atoms with Crippen molar-refractivity contribution >= 4 is 22.8 Å². The molecule has 8 heteroatoms. The summed E-state index contributed by atoms with van der Waals surface area (Å²) in [5.74, 6) is -1.08. The van der Waals surface area contributed by atoms with Crippen LogP contribution >= 0.6 is 0 Å². The highest BCUT2D eigenvalue weighted by molar-refractivity contribution is 5.96. The first-order valence-electron chi connectivity index (χ1n) is 7.89. The number of hydrogen-bond acceptors (Lipinski definition) is 3. The molecule has 2 aromatic rings. The van der Waals surface area contributed by atoms with E-state index in [2.05, 4.69) is 5.32 Å². The molecule has 1 aromatic heterocycles. The van der Waals surface area contributed by atoms with Crippen LogP contribution in [0.5, 0.6) is 0 Å². The van der Waals surface area contributed by atoms with Gasteiger partial charge in [-0.25, -0.2) is 0 Å². The van der Waals surface area contributed by atoms with E-state index in [9.17, 15) is 22.8 Å². The van der Waals surface area contributed by atoms with E-state index >= 15 is 0 Å². The number of rotatable bonds is 2. The fourth-order valence-electron chi connectivity index (χ4n) is 3.13. The van der Waals surface area contributed by atoms with Gasteiger partial charge in [0.1, 0.15) is 11.6 Å². The number of carbonyl (C=O) groups excluding carboxylic acids is 2. The molecule has 5 nitrogen and oxygen atoms in total. The summed E-state index contributed by atoms with van der Waals surface area (Å²) in [6.07, 6.45) is -4.58. The standard InChI is InChI=1S/C17H17F3N2O3/c1-10(23)22-9-12(6-7-15(22)17(18,19)20)21-16(24)14-8-11-4-2-3-5-13(11)25-14/h2-5,8,12,15H,6-7,9H2,1H3,(H,21,24)/t12-,15-/m1/s1. The molecule has 1 aromatic carbocycles. The Balaban J connectivity index is 1.70. The average Bonchev–Trinajstić information content (AvgIpc) is 2.98. The van der Waals surface area contributed by atoms with Crippen molar-refractivity contribution in [3.63, 3.8) is 0 Å². The Morgan fingerprint density at radius 2 is 1.96 bits per heavy atom. The predicted octanol–water partition coefficient (Wildman–Crippen LogP) is 3.10. The molecule has 2 atom stereocenters. The van der Waals surface area contributed by atoms with Gasteiger partial charge in [-0.05, 0) is 25.0 Å². The third-order valence-electron chi connectivity index (χ3n) is 4.35. The van der Waals surface area contributed by atoms with Crippen molar-refractivity contribution in [3.05, 3.63) is 36.1 Å². The van der Waals surface area contributed by atoms with E-state index in [1.54, 1.807) is 24.3 Å². The number of benzene rings is 1. The highest BCUT2D eigenvalue weighted by Gasteiger charge is 2.47. The number of para-hydroxylation sites is 1. The number of piperidine rings is 1. The van der Waals surface area contributed by atoms with Gasteiger partial charge in [-0.2, -0.15) is 13.2 Å². The molecule has 0 saturated carbocycles. The molecule has 0 spiro atoms. The van der Waals surface area contributed by atoms with Gasteiger partial charge in [-0.1, -0.05) is 18.2 Å². The summed E-state index contributed by atoms with van der Waals surface area (Å²) in [4.78, 5) is 24.6. The molecular weight excluding hydrogens is 337 g/mol. The van der Waals surface area contributed by atoms with Crippen molar-refractivity contribution in [3.8, 4) is 0 Å². The summed E-state index contributed by atoms with van der Waals surface area (Å²) in [6.45, 7) is 0.924. The molecule has 2 heterocycles. The fraction of sp³-hybridized carbons (Fsp3) is 0.412. The molecular formula is C17H17F3N2O3. The van der Waals surface area contributed by atoms with Gasteiger partial charge < -0.3 is 14.6 Å². The Kier molecular flexibility index (Phi) is 4.45. The Labute approximate surface area is 141 Å². The highest BCUT2D eigenvalue weighted by Crippen LogP contribution is 2.32. The van der Waals surface area contributed by atoms with Gasteiger partial charge in [0.2, 0.25) is 5.91 Å². The third-order valence-corrected chi connectivity index (χ3v) is 4.35. The number of hydrogen-bond donors (Lipinski definition) is 1. The van der Waals surface area contributed by atoms with Gasteiger partial charge in [0.25, 0.3) is 5.91 Å². The second kappa shape index (κ2) is 6.42. The van der Waals surface area contributed by atoms with Crippen LogP contribution in [0, 0.1) is 0 Å². The molecule has 1 fully saturated rings. The van der Waals surface area contributed by atoms with E-state index < -0.39 is 30.1 Å². The molecule has 0 aliphatic carbocycles. The minimum absolute atomic E-state index is 0.0912. The van der Waals surface area contributed by atoms with E-state index in [1.807, 2.05) is 6.07 Å². The molecule has 1 aliphatic rings. The number of alkyl halides is 3. The van der Waals surface area contributed by atoms with E-state index in [0.717, 1.165) is 17.2 Å². The molecule has 1 aliphatic heterocycles. The number of amides is 2. The Bertz CT molecular complexity index is 767. The zero-order chi connectivity index (χ0) is 18.2. The normalized spacial score (nSPS) is 21.4. The monoisotopic (exact) mass is 354 g/mol. The Hall–Kier alpha value is -2.51. The maximum Gasteiger partial charge on any atom is 0.408 e. The third kappa shape index (κ3) is 3.62. The summed E-state index contributed by atoms with van der Waals surface area (Å²) in [7, 11) is 0. The van der Waals surface area contributed by atoms with Crippen molar-refractivity contribution in [1.29, 1.82) is 0 Å². The SMILES string of the molecule is CC(=O)N1C[C@H](NC(=O)c2cc3ccccc3o2)CC[C@@H]1C(F)(F)F. The van der Waals surface area contributed by atoms with Crippen LogP contribution in [0.1, 0.15) is 30.3 Å². The Morgan fingerprint density at radius 1 is 1.24 bits per heavy atom. The predicted molar refractivity (Wildman–Crippen MR) is 83.9 cm³/mol. The van der Waals surface area contributed by atoms with Gasteiger partial charge in [0.15, 0.2) is 5.76 Å². The first kappa shape index (κ1) is 17.3. The van der Waals surface area contributed by atoms with Gasteiger partial charge in [-0.3, -0.25) is 9.59 Å². The second-order valence-corrected chi connectivity index (χ2v) is 6.13. The van der Waals surface area contributed by atoms with Crippen LogP contribution in [-0.4, -0.2) is 41.5 Å². The molecule has 1 N–H and O–H groups in total. The van der Waals surface area contributed by atoms with Crippen LogP contribution in [-0.2, 0) is 4.79 Å². The molecule has 0 unspecified atom stereocenters. The second-order valence-electron chi connectivity index (χ2n) is 6.13. The van der Waals surface area contributed by atoms with E-state index in [-0.39, 0.29) is 25.1 Å². The van der Waals surface area contributed by atoms with Gasteiger partial charge in [0, 0.05) is 24.9 Å².